The van der Waals surface area contributed by atoms with Gasteiger partial charge in [0.15, 0.2) is 0 Å². The summed E-state index contributed by atoms with van der Waals surface area (Å²) in [6.07, 6.45) is 2.52. The van der Waals surface area contributed by atoms with Crippen molar-refractivity contribution in [2.45, 2.75) is 19.4 Å². The molecule has 2 heterocycles. The lowest BCUT2D eigenvalue weighted by Gasteiger charge is -2.09. The summed E-state index contributed by atoms with van der Waals surface area (Å²) < 4.78 is 5.35. The molecule has 0 fully saturated rings. The van der Waals surface area contributed by atoms with Crippen LogP contribution in [0.1, 0.15) is 29.2 Å². The van der Waals surface area contributed by atoms with Crippen molar-refractivity contribution in [2.75, 3.05) is 0 Å². The maximum atomic E-state index is 6.15. The van der Waals surface area contributed by atoms with Crippen LogP contribution in [0.4, 0.5) is 0 Å². The van der Waals surface area contributed by atoms with Crippen molar-refractivity contribution in [3.05, 3.63) is 45.0 Å². The molecule has 0 aliphatic heterocycles. The lowest BCUT2D eigenvalue weighted by molar-refractivity contribution is 0.509. The van der Waals surface area contributed by atoms with Crippen molar-refractivity contribution in [1.29, 1.82) is 0 Å². The Labute approximate surface area is 97.7 Å². The van der Waals surface area contributed by atoms with Crippen LogP contribution in [0.2, 0.25) is 5.02 Å². The Kier molecular flexibility index (Phi) is 3.14. The zero-order valence-electron chi connectivity index (χ0n) is 8.37. The monoisotopic (exact) mass is 241 g/mol. The quantitative estimate of drug-likeness (QED) is 0.892. The van der Waals surface area contributed by atoms with E-state index in [1.165, 1.54) is 0 Å². The molecule has 0 saturated carbocycles. The number of nitrogens with two attached hydrogens (primary N) is 1. The maximum absolute atomic E-state index is 6.15. The van der Waals surface area contributed by atoms with Crippen LogP contribution in [-0.4, -0.2) is 0 Å². The van der Waals surface area contributed by atoms with Gasteiger partial charge in [0.2, 0.25) is 0 Å². The number of aryl methyl sites for hydroxylation is 1. The van der Waals surface area contributed by atoms with Gasteiger partial charge >= 0.3 is 0 Å². The largest absolute Gasteiger partial charge is 0.469 e. The van der Waals surface area contributed by atoms with E-state index in [0.717, 1.165) is 27.6 Å². The van der Waals surface area contributed by atoms with E-state index < -0.39 is 0 Å². The molecule has 0 bridgehead atoms. The Morgan fingerprint density at radius 2 is 2.33 bits per heavy atom. The third-order valence-electron chi connectivity index (χ3n) is 2.36. The molecule has 80 valence electrons. The van der Waals surface area contributed by atoms with E-state index in [1.807, 2.05) is 24.4 Å². The van der Waals surface area contributed by atoms with Crippen LogP contribution in [0.25, 0.3) is 0 Å². The van der Waals surface area contributed by atoms with Gasteiger partial charge in [0.1, 0.15) is 5.76 Å². The van der Waals surface area contributed by atoms with Crippen molar-refractivity contribution in [1.82, 2.24) is 0 Å². The van der Waals surface area contributed by atoms with Gasteiger partial charge in [-0.1, -0.05) is 18.5 Å². The van der Waals surface area contributed by atoms with E-state index in [-0.39, 0.29) is 6.04 Å². The summed E-state index contributed by atoms with van der Waals surface area (Å²) >= 11 is 7.62. The highest BCUT2D eigenvalue weighted by atomic mass is 35.5. The number of rotatable bonds is 3. The topological polar surface area (TPSA) is 39.2 Å². The third kappa shape index (κ3) is 1.95. The number of halogens is 1. The standard InChI is InChI=1S/C11H12ClNOS/c1-2-9-7(3-5-14-9)10(13)11-8(12)4-6-15-11/h3-6,10H,2,13H2,1H3. The zero-order chi connectivity index (χ0) is 10.8. The second-order valence-electron chi connectivity index (χ2n) is 3.26. The van der Waals surface area contributed by atoms with Gasteiger partial charge in [0.25, 0.3) is 0 Å². The highest BCUT2D eigenvalue weighted by Crippen LogP contribution is 2.33. The van der Waals surface area contributed by atoms with E-state index in [1.54, 1.807) is 17.6 Å². The predicted molar refractivity (Wildman–Crippen MR) is 63.4 cm³/mol. The van der Waals surface area contributed by atoms with Crippen LogP contribution in [0.15, 0.2) is 28.2 Å². The van der Waals surface area contributed by atoms with E-state index >= 15 is 0 Å². The minimum atomic E-state index is -0.175. The summed E-state index contributed by atoms with van der Waals surface area (Å²) in [5.74, 6) is 0.937. The average molecular weight is 242 g/mol. The lowest BCUT2D eigenvalue weighted by Crippen LogP contribution is -2.11. The fraction of sp³-hybridized carbons (Fsp3) is 0.273. The number of thiophene rings is 1. The molecule has 2 aromatic heterocycles. The number of hydrogen-bond acceptors (Lipinski definition) is 3. The molecule has 0 amide bonds. The van der Waals surface area contributed by atoms with Gasteiger partial charge in [-0.3, -0.25) is 0 Å². The van der Waals surface area contributed by atoms with Crippen molar-refractivity contribution in [2.24, 2.45) is 5.73 Å². The van der Waals surface area contributed by atoms with Gasteiger partial charge in [-0.05, 0) is 17.5 Å². The molecule has 2 rings (SSSR count). The minimum absolute atomic E-state index is 0.175. The molecule has 1 unspecified atom stereocenters. The average Bonchev–Trinajstić information content (AvgIpc) is 2.84. The first-order valence-electron chi connectivity index (χ1n) is 4.78. The van der Waals surface area contributed by atoms with Gasteiger partial charge in [-0.15, -0.1) is 11.3 Å². The highest BCUT2D eigenvalue weighted by Gasteiger charge is 2.18. The fourth-order valence-corrected chi connectivity index (χ4v) is 2.78. The Hall–Kier alpha value is -0.770. The summed E-state index contributed by atoms with van der Waals surface area (Å²) in [5.41, 5.74) is 7.18. The smallest absolute Gasteiger partial charge is 0.108 e. The Morgan fingerprint density at radius 3 is 2.93 bits per heavy atom. The lowest BCUT2D eigenvalue weighted by atomic mass is 10.1. The van der Waals surface area contributed by atoms with E-state index in [4.69, 9.17) is 21.8 Å². The number of hydrogen-bond donors (Lipinski definition) is 1. The normalized spacial score (nSPS) is 13.0. The van der Waals surface area contributed by atoms with Crippen LogP contribution < -0.4 is 5.73 Å². The van der Waals surface area contributed by atoms with Gasteiger partial charge in [-0.2, -0.15) is 0 Å². The molecule has 2 aromatic rings. The first-order valence-corrected chi connectivity index (χ1v) is 6.04. The van der Waals surface area contributed by atoms with Gasteiger partial charge < -0.3 is 10.2 Å². The first-order chi connectivity index (χ1) is 7.24. The third-order valence-corrected chi connectivity index (χ3v) is 3.80. The minimum Gasteiger partial charge on any atom is -0.469 e. The van der Waals surface area contributed by atoms with Crippen molar-refractivity contribution in [3.8, 4) is 0 Å². The first kappa shape index (κ1) is 10.7. The summed E-state index contributed by atoms with van der Waals surface area (Å²) in [4.78, 5) is 0.993. The van der Waals surface area contributed by atoms with Crippen molar-refractivity contribution >= 4 is 22.9 Å². The van der Waals surface area contributed by atoms with E-state index in [9.17, 15) is 0 Å². The molecule has 15 heavy (non-hydrogen) atoms. The molecule has 0 aromatic carbocycles. The molecule has 2 nitrogen and oxygen atoms in total. The van der Waals surface area contributed by atoms with Crippen LogP contribution in [0, 0.1) is 0 Å². The second kappa shape index (κ2) is 4.39. The van der Waals surface area contributed by atoms with Gasteiger partial charge in [0.05, 0.1) is 17.3 Å². The van der Waals surface area contributed by atoms with Gasteiger partial charge in [-0.25, -0.2) is 0 Å². The molecule has 0 radical (unpaired) electrons. The molecule has 0 aliphatic rings. The van der Waals surface area contributed by atoms with Crippen LogP contribution in [0.5, 0.6) is 0 Å². The molecule has 1 atom stereocenters. The maximum Gasteiger partial charge on any atom is 0.108 e. The molecule has 0 spiro atoms. The second-order valence-corrected chi connectivity index (χ2v) is 4.62. The van der Waals surface area contributed by atoms with E-state index in [2.05, 4.69) is 0 Å². The molecule has 4 heteroatoms. The zero-order valence-corrected chi connectivity index (χ0v) is 9.94. The molecule has 0 aliphatic carbocycles. The Morgan fingerprint density at radius 1 is 1.53 bits per heavy atom. The van der Waals surface area contributed by atoms with E-state index in [0.29, 0.717) is 0 Å². The predicted octanol–water partition coefficient (Wildman–Crippen LogP) is 3.61. The van der Waals surface area contributed by atoms with Crippen LogP contribution in [-0.2, 0) is 6.42 Å². The fourth-order valence-electron chi connectivity index (χ4n) is 1.58. The number of furan rings is 1. The van der Waals surface area contributed by atoms with Gasteiger partial charge in [0, 0.05) is 16.9 Å². The molecular weight excluding hydrogens is 230 g/mol. The highest BCUT2D eigenvalue weighted by molar-refractivity contribution is 7.10. The Balaban J connectivity index is 2.36. The molecular formula is C11H12ClNOS. The summed E-state index contributed by atoms with van der Waals surface area (Å²) in [5, 5.41) is 2.68. The summed E-state index contributed by atoms with van der Waals surface area (Å²) in [6, 6.07) is 3.61. The van der Waals surface area contributed by atoms with Crippen molar-refractivity contribution in [3.63, 3.8) is 0 Å². The summed E-state index contributed by atoms with van der Waals surface area (Å²) in [7, 11) is 0. The molecule has 0 saturated heterocycles. The van der Waals surface area contributed by atoms with Crippen molar-refractivity contribution < 1.29 is 4.42 Å². The SMILES string of the molecule is CCc1occc1C(N)c1sccc1Cl. The van der Waals surface area contributed by atoms with Crippen LogP contribution in [0.3, 0.4) is 0 Å². The molecule has 2 N–H and O–H groups in total. The summed E-state index contributed by atoms with van der Waals surface area (Å²) in [6.45, 7) is 2.05. The van der Waals surface area contributed by atoms with Crippen LogP contribution >= 0.6 is 22.9 Å². The Bertz CT molecular complexity index is 449.